The molecule has 1 atom stereocenters. The number of hydrogen-bond acceptors (Lipinski definition) is 4. The van der Waals surface area contributed by atoms with Crippen molar-refractivity contribution in [3.8, 4) is 0 Å². The van der Waals surface area contributed by atoms with E-state index in [-0.39, 0.29) is 29.5 Å². The normalized spacial score (nSPS) is 11.9. The fourth-order valence-electron chi connectivity index (χ4n) is 4.73. The summed E-state index contributed by atoms with van der Waals surface area (Å²) in [6, 6.07) is 28.2. The van der Waals surface area contributed by atoms with Crippen LogP contribution >= 0.6 is 23.2 Å². The van der Waals surface area contributed by atoms with Gasteiger partial charge in [-0.2, -0.15) is 0 Å². The summed E-state index contributed by atoms with van der Waals surface area (Å²) in [7, 11) is -4.22. The van der Waals surface area contributed by atoms with Crippen LogP contribution in [0.2, 0.25) is 10.0 Å². The number of carbonyl (C=O) groups is 2. The van der Waals surface area contributed by atoms with Crippen molar-refractivity contribution in [3.05, 3.63) is 130 Å². The first-order valence-corrected chi connectivity index (χ1v) is 16.5. The van der Waals surface area contributed by atoms with E-state index in [1.807, 2.05) is 44.2 Å². The Morgan fingerprint density at radius 1 is 0.864 bits per heavy atom. The van der Waals surface area contributed by atoms with E-state index in [0.717, 1.165) is 15.4 Å². The molecule has 7 nitrogen and oxygen atoms in total. The lowest BCUT2D eigenvalue weighted by Gasteiger charge is -2.34. The molecule has 0 aliphatic carbocycles. The average Bonchev–Trinajstić information content (AvgIpc) is 3.01. The molecule has 0 fully saturated rings. The summed E-state index contributed by atoms with van der Waals surface area (Å²) < 4.78 is 29.2. The maximum Gasteiger partial charge on any atom is 0.264 e. The van der Waals surface area contributed by atoms with Gasteiger partial charge in [-0.1, -0.05) is 102 Å². The molecule has 4 rings (SSSR count). The number of amides is 2. The van der Waals surface area contributed by atoms with Crippen molar-refractivity contribution in [1.82, 2.24) is 10.2 Å². The molecule has 0 radical (unpaired) electrons. The molecule has 4 aromatic carbocycles. The van der Waals surface area contributed by atoms with Gasteiger partial charge in [0.05, 0.1) is 10.6 Å². The highest BCUT2D eigenvalue weighted by atomic mass is 35.5. The maximum atomic E-state index is 14.4. The Bertz CT molecular complexity index is 1680. The second-order valence-electron chi connectivity index (χ2n) is 10.4. The molecule has 0 heterocycles. The molecule has 44 heavy (non-hydrogen) atoms. The fraction of sp³-hybridized carbons (Fsp3) is 0.235. The van der Waals surface area contributed by atoms with Crippen molar-refractivity contribution in [1.29, 1.82) is 0 Å². The zero-order valence-corrected chi connectivity index (χ0v) is 26.9. The topological polar surface area (TPSA) is 86.8 Å². The number of sulfonamides is 1. The van der Waals surface area contributed by atoms with Gasteiger partial charge in [0.2, 0.25) is 11.8 Å². The summed E-state index contributed by atoms with van der Waals surface area (Å²) in [6.07, 6.45) is 0.925. The van der Waals surface area contributed by atoms with Crippen LogP contribution in [-0.4, -0.2) is 44.3 Å². The SMILES string of the molecule is CCCNC(=O)[C@H](Cc1ccccc1)N(Cc1ccccc1Cl)C(=O)CN(c1cccc(Cl)c1)S(=O)(=O)c1ccc(C)cc1. The molecular formula is C34H35Cl2N3O4S. The Kier molecular flexibility index (Phi) is 11.4. The molecule has 230 valence electrons. The van der Waals surface area contributed by atoms with Crippen LogP contribution in [0.1, 0.15) is 30.0 Å². The number of aryl methyl sites for hydroxylation is 1. The maximum absolute atomic E-state index is 14.4. The molecule has 0 bridgehead atoms. The fourth-order valence-corrected chi connectivity index (χ4v) is 6.51. The van der Waals surface area contributed by atoms with Crippen molar-refractivity contribution < 1.29 is 18.0 Å². The van der Waals surface area contributed by atoms with Gasteiger partial charge in [0.15, 0.2) is 0 Å². The molecule has 0 saturated heterocycles. The molecule has 0 aliphatic heterocycles. The lowest BCUT2D eigenvalue weighted by Crippen LogP contribution is -2.53. The Labute approximate surface area is 269 Å². The molecule has 0 saturated carbocycles. The first-order valence-electron chi connectivity index (χ1n) is 14.3. The second-order valence-corrected chi connectivity index (χ2v) is 13.1. The van der Waals surface area contributed by atoms with Crippen LogP contribution < -0.4 is 9.62 Å². The van der Waals surface area contributed by atoms with Crippen LogP contribution in [0, 0.1) is 6.92 Å². The molecule has 4 aromatic rings. The van der Waals surface area contributed by atoms with E-state index in [1.165, 1.54) is 23.1 Å². The minimum atomic E-state index is -4.22. The summed E-state index contributed by atoms with van der Waals surface area (Å²) >= 11 is 12.8. The van der Waals surface area contributed by atoms with E-state index < -0.39 is 28.5 Å². The van der Waals surface area contributed by atoms with Crippen molar-refractivity contribution in [2.75, 3.05) is 17.4 Å². The first kappa shape index (κ1) is 33.1. The number of halogens is 2. The molecule has 1 N–H and O–H groups in total. The van der Waals surface area contributed by atoms with Crippen LogP contribution in [0.15, 0.2) is 108 Å². The van der Waals surface area contributed by atoms with Crippen LogP contribution in [-0.2, 0) is 32.6 Å². The zero-order chi connectivity index (χ0) is 31.7. The van der Waals surface area contributed by atoms with E-state index in [2.05, 4.69) is 5.32 Å². The second kappa shape index (κ2) is 15.2. The number of rotatable bonds is 13. The van der Waals surface area contributed by atoms with Gasteiger partial charge in [0, 0.05) is 29.6 Å². The molecule has 10 heteroatoms. The highest BCUT2D eigenvalue weighted by Crippen LogP contribution is 2.28. The summed E-state index contributed by atoms with van der Waals surface area (Å²) in [5.74, 6) is -0.917. The minimum Gasteiger partial charge on any atom is -0.354 e. The van der Waals surface area contributed by atoms with E-state index in [4.69, 9.17) is 23.2 Å². The smallest absolute Gasteiger partial charge is 0.264 e. The third kappa shape index (κ3) is 8.40. The van der Waals surface area contributed by atoms with Gasteiger partial charge >= 0.3 is 0 Å². The lowest BCUT2D eigenvalue weighted by molar-refractivity contribution is -0.140. The average molecular weight is 653 g/mol. The van der Waals surface area contributed by atoms with E-state index in [1.54, 1.807) is 54.6 Å². The molecule has 2 amide bonds. The predicted molar refractivity (Wildman–Crippen MR) is 176 cm³/mol. The number of nitrogens with one attached hydrogen (secondary N) is 1. The summed E-state index contributed by atoms with van der Waals surface area (Å²) in [5, 5.41) is 3.67. The van der Waals surface area contributed by atoms with Crippen molar-refractivity contribution in [3.63, 3.8) is 0 Å². The number of anilines is 1. The third-order valence-electron chi connectivity index (χ3n) is 7.10. The first-order chi connectivity index (χ1) is 21.1. The highest BCUT2D eigenvalue weighted by molar-refractivity contribution is 7.92. The standard InChI is InChI=1S/C34H35Cl2N3O4S/c1-3-20-37-34(41)32(21-26-10-5-4-6-11-26)38(23-27-12-7-8-15-31(27)36)33(40)24-39(29-14-9-13-28(35)22-29)44(42,43)30-18-16-25(2)17-19-30/h4-19,22,32H,3,20-21,23-24H2,1-2H3,(H,37,41)/t32-/m0/s1. The number of benzene rings is 4. The Balaban J connectivity index is 1.80. The van der Waals surface area contributed by atoms with Gasteiger partial charge in [0.1, 0.15) is 12.6 Å². The summed E-state index contributed by atoms with van der Waals surface area (Å²) in [6.45, 7) is 3.64. The molecule has 0 aromatic heterocycles. The van der Waals surface area contributed by atoms with Gasteiger partial charge < -0.3 is 10.2 Å². The van der Waals surface area contributed by atoms with Crippen LogP contribution in [0.4, 0.5) is 5.69 Å². The monoisotopic (exact) mass is 651 g/mol. The summed E-state index contributed by atoms with van der Waals surface area (Å²) in [5.41, 5.74) is 2.58. The van der Waals surface area contributed by atoms with E-state index >= 15 is 0 Å². The lowest BCUT2D eigenvalue weighted by atomic mass is 10.0. The van der Waals surface area contributed by atoms with Gasteiger partial charge in [-0.05, 0) is 60.9 Å². The minimum absolute atomic E-state index is 0.0104. The molecular weight excluding hydrogens is 617 g/mol. The number of carbonyl (C=O) groups excluding carboxylic acids is 2. The van der Waals surface area contributed by atoms with Crippen molar-refractivity contribution in [2.24, 2.45) is 0 Å². The number of nitrogens with zero attached hydrogens (tertiary/aromatic N) is 2. The van der Waals surface area contributed by atoms with Gasteiger partial charge in [-0.15, -0.1) is 0 Å². The van der Waals surface area contributed by atoms with Crippen molar-refractivity contribution >= 4 is 50.7 Å². The van der Waals surface area contributed by atoms with Gasteiger partial charge in [0.25, 0.3) is 10.0 Å². The largest absolute Gasteiger partial charge is 0.354 e. The Morgan fingerprint density at radius 3 is 2.20 bits per heavy atom. The Hall–Kier alpha value is -3.85. The van der Waals surface area contributed by atoms with Gasteiger partial charge in [-0.3, -0.25) is 13.9 Å². The summed E-state index contributed by atoms with van der Waals surface area (Å²) in [4.78, 5) is 29.6. The predicted octanol–water partition coefficient (Wildman–Crippen LogP) is 6.66. The van der Waals surface area contributed by atoms with Crippen LogP contribution in [0.5, 0.6) is 0 Å². The zero-order valence-electron chi connectivity index (χ0n) is 24.6. The van der Waals surface area contributed by atoms with Gasteiger partial charge in [-0.25, -0.2) is 8.42 Å². The number of hydrogen-bond donors (Lipinski definition) is 1. The van der Waals surface area contributed by atoms with E-state index in [9.17, 15) is 18.0 Å². The third-order valence-corrected chi connectivity index (χ3v) is 9.49. The molecule has 0 spiro atoms. The van der Waals surface area contributed by atoms with Crippen LogP contribution in [0.25, 0.3) is 0 Å². The molecule has 0 aliphatic rings. The highest BCUT2D eigenvalue weighted by Gasteiger charge is 2.34. The van der Waals surface area contributed by atoms with Crippen molar-refractivity contribution in [2.45, 2.75) is 44.2 Å². The quantitative estimate of drug-likeness (QED) is 0.175. The molecule has 0 unspecified atom stereocenters. The van der Waals surface area contributed by atoms with E-state index in [0.29, 0.717) is 28.6 Å². The Morgan fingerprint density at radius 2 is 1.55 bits per heavy atom. The van der Waals surface area contributed by atoms with Crippen LogP contribution in [0.3, 0.4) is 0 Å².